The van der Waals surface area contributed by atoms with Crippen LogP contribution in [0, 0.1) is 0 Å². The summed E-state index contributed by atoms with van der Waals surface area (Å²) >= 11 is 0. The van der Waals surface area contributed by atoms with Gasteiger partial charge in [0, 0.05) is 0 Å². The van der Waals surface area contributed by atoms with E-state index < -0.39 is 23.2 Å². The van der Waals surface area contributed by atoms with Gasteiger partial charge in [-0.3, -0.25) is 4.79 Å². The third-order valence-electron chi connectivity index (χ3n) is 2.30. The van der Waals surface area contributed by atoms with Gasteiger partial charge >= 0.3 is 6.18 Å². The van der Waals surface area contributed by atoms with Gasteiger partial charge in [-0.2, -0.15) is 13.2 Å². The van der Waals surface area contributed by atoms with Crippen molar-refractivity contribution in [2.24, 2.45) is 11.5 Å². The van der Waals surface area contributed by atoms with Crippen molar-refractivity contribution >= 4 is 18.3 Å². The second kappa shape index (κ2) is 4.93. The lowest BCUT2D eigenvalue weighted by Crippen LogP contribution is -2.46. The molecule has 1 atom stereocenters. The highest BCUT2D eigenvalue weighted by atomic mass is 35.5. The molecule has 4 N–H and O–H groups in total. The molecule has 1 aromatic carbocycles. The molecule has 1 amide bonds. The van der Waals surface area contributed by atoms with Crippen molar-refractivity contribution in [3.8, 4) is 0 Å². The normalized spacial score (nSPS) is 14.6. The van der Waals surface area contributed by atoms with E-state index in [1.165, 1.54) is 19.1 Å². The third kappa shape index (κ3) is 3.34. The van der Waals surface area contributed by atoms with Crippen molar-refractivity contribution in [1.82, 2.24) is 0 Å². The molecule has 0 fully saturated rings. The van der Waals surface area contributed by atoms with Gasteiger partial charge in [-0.15, -0.1) is 12.4 Å². The first-order chi connectivity index (χ1) is 7.15. The molecule has 0 saturated heterocycles. The fourth-order valence-electron chi connectivity index (χ4n) is 1.16. The Labute approximate surface area is 102 Å². The Morgan fingerprint density at radius 3 is 2.12 bits per heavy atom. The fraction of sp³-hybridized carbons (Fsp3) is 0.300. The smallest absolute Gasteiger partial charge is 0.368 e. The second-order valence-corrected chi connectivity index (χ2v) is 3.65. The van der Waals surface area contributed by atoms with E-state index in [4.69, 9.17) is 11.5 Å². The Morgan fingerprint density at radius 2 is 1.71 bits per heavy atom. The number of carbonyl (C=O) groups excluding carboxylic acids is 1. The number of carbonyl (C=O) groups is 1. The van der Waals surface area contributed by atoms with Gasteiger partial charge in [-0.1, -0.05) is 12.1 Å². The first-order valence-corrected chi connectivity index (χ1v) is 4.42. The van der Waals surface area contributed by atoms with Crippen LogP contribution in [0.4, 0.5) is 13.2 Å². The van der Waals surface area contributed by atoms with E-state index in [9.17, 15) is 18.0 Å². The van der Waals surface area contributed by atoms with Gasteiger partial charge in [0.05, 0.1) is 5.56 Å². The van der Waals surface area contributed by atoms with Gasteiger partial charge in [-0.25, -0.2) is 0 Å². The third-order valence-corrected chi connectivity index (χ3v) is 2.30. The molecule has 17 heavy (non-hydrogen) atoms. The molecular weight excluding hydrogens is 257 g/mol. The SMILES string of the molecule is C[C@@](N)(C(N)=O)c1cccc(C(F)(F)F)c1.Cl. The summed E-state index contributed by atoms with van der Waals surface area (Å²) in [6.45, 7) is 1.27. The van der Waals surface area contributed by atoms with Crippen LogP contribution in [-0.2, 0) is 16.5 Å². The van der Waals surface area contributed by atoms with E-state index in [1.54, 1.807) is 0 Å². The zero-order valence-electron chi connectivity index (χ0n) is 8.91. The number of primary amides is 1. The molecule has 0 unspecified atom stereocenters. The van der Waals surface area contributed by atoms with Crippen LogP contribution >= 0.6 is 12.4 Å². The summed E-state index contributed by atoms with van der Waals surface area (Å²) < 4.78 is 37.2. The minimum Gasteiger partial charge on any atom is -0.368 e. The van der Waals surface area contributed by atoms with Crippen LogP contribution in [0.1, 0.15) is 18.1 Å². The van der Waals surface area contributed by atoms with Gasteiger partial charge in [-0.05, 0) is 24.6 Å². The Hall–Kier alpha value is -1.27. The molecule has 0 aliphatic carbocycles. The minimum atomic E-state index is -4.47. The lowest BCUT2D eigenvalue weighted by molar-refractivity contribution is -0.137. The number of hydrogen-bond donors (Lipinski definition) is 2. The molecule has 0 aromatic heterocycles. The van der Waals surface area contributed by atoms with Crippen molar-refractivity contribution in [3.63, 3.8) is 0 Å². The van der Waals surface area contributed by atoms with E-state index in [0.717, 1.165) is 12.1 Å². The Kier molecular flexibility index (Phi) is 4.56. The van der Waals surface area contributed by atoms with Crippen molar-refractivity contribution in [2.45, 2.75) is 18.6 Å². The molecule has 1 aromatic rings. The number of hydrogen-bond acceptors (Lipinski definition) is 2. The summed E-state index contributed by atoms with van der Waals surface area (Å²) in [5.41, 5.74) is 8.14. The Bertz CT molecular complexity index is 418. The van der Waals surface area contributed by atoms with Gasteiger partial charge in [0.25, 0.3) is 0 Å². The average Bonchev–Trinajstić information content (AvgIpc) is 2.16. The predicted molar refractivity (Wildman–Crippen MR) is 59.4 cm³/mol. The van der Waals surface area contributed by atoms with Crippen LogP contribution < -0.4 is 11.5 Å². The summed E-state index contributed by atoms with van der Waals surface area (Å²) in [5.74, 6) is -0.883. The van der Waals surface area contributed by atoms with E-state index in [1.807, 2.05) is 0 Å². The number of nitrogens with two attached hydrogens (primary N) is 2. The molecule has 0 spiro atoms. The Morgan fingerprint density at radius 1 is 1.24 bits per heavy atom. The maximum Gasteiger partial charge on any atom is 0.416 e. The highest BCUT2D eigenvalue weighted by Gasteiger charge is 2.34. The van der Waals surface area contributed by atoms with Crippen LogP contribution in [0.2, 0.25) is 0 Å². The molecule has 1 rings (SSSR count). The monoisotopic (exact) mass is 268 g/mol. The lowest BCUT2D eigenvalue weighted by Gasteiger charge is -2.21. The first-order valence-electron chi connectivity index (χ1n) is 4.42. The highest BCUT2D eigenvalue weighted by Crippen LogP contribution is 2.31. The van der Waals surface area contributed by atoms with Crippen LogP contribution in [0.5, 0.6) is 0 Å². The quantitative estimate of drug-likeness (QED) is 0.858. The maximum atomic E-state index is 12.4. The molecule has 0 saturated carbocycles. The maximum absolute atomic E-state index is 12.4. The predicted octanol–water partition coefficient (Wildman–Crippen LogP) is 1.79. The van der Waals surface area contributed by atoms with Crippen LogP contribution in [0.25, 0.3) is 0 Å². The number of benzene rings is 1. The summed E-state index contributed by atoms with van der Waals surface area (Å²) in [6.07, 6.45) is -4.47. The van der Waals surface area contributed by atoms with E-state index in [2.05, 4.69) is 0 Å². The highest BCUT2D eigenvalue weighted by molar-refractivity contribution is 5.85. The number of rotatable bonds is 2. The number of alkyl halides is 3. The van der Waals surface area contributed by atoms with Crippen molar-refractivity contribution in [2.75, 3.05) is 0 Å². The largest absolute Gasteiger partial charge is 0.416 e. The van der Waals surface area contributed by atoms with Gasteiger partial charge in [0.15, 0.2) is 0 Å². The molecule has 3 nitrogen and oxygen atoms in total. The van der Waals surface area contributed by atoms with Gasteiger partial charge in [0.1, 0.15) is 5.54 Å². The van der Waals surface area contributed by atoms with Crippen LogP contribution in [0.3, 0.4) is 0 Å². The molecule has 7 heteroatoms. The summed E-state index contributed by atoms with van der Waals surface area (Å²) in [6, 6.07) is 4.25. The fourth-order valence-corrected chi connectivity index (χ4v) is 1.16. The average molecular weight is 269 g/mol. The Balaban J connectivity index is 0.00000256. The molecule has 0 bridgehead atoms. The number of halogens is 4. The van der Waals surface area contributed by atoms with Gasteiger partial charge in [0.2, 0.25) is 5.91 Å². The number of amides is 1. The standard InChI is InChI=1S/C10H11F3N2O.ClH/c1-9(15,8(14)16)6-3-2-4-7(5-6)10(11,12)13;/h2-5H,15H2,1H3,(H2,14,16);1H/t9-;/m0./s1. The van der Waals surface area contributed by atoms with E-state index in [0.29, 0.717) is 0 Å². The summed E-state index contributed by atoms with van der Waals surface area (Å²) in [4.78, 5) is 11.0. The topological polar surface area (TPSA) is 69.1 Å². The van der Waals surface area contributed by atoms with Crippen molar-refractivity contribution in [1.29, 1.82) is 0 Å². The zero-order valence-corrected chi connectivity index (χ0v) is 9.73. The first kappa shape index (κ1) is 15.7. The molecule has 0 radical (unpaired) electrons. The zero-order chi connectivity index (χ0) is 12.6. The van der Waals surface area contributed by atoms with Gasteiger partial charge < -0.3 is 11.5 Å². The summed E-state index contributed by atoms with van der Waals surface area (Å²) in [7, 11) is 0. The van der Waals surface area contributed by atoms with Crippen LogP contribution in [-0.4, -0.2) is 5.91 Å². The molecular formula is C10H12ClF3N2O. The molecule has 0 aliphatic heterocycles. The lowest BCUT2D eigenvalue weighted by atomic mass is 9.91. The van der Waals surface area contributed by atoms with Crippen molar-refractivity contribution < 1.29 is 18.0 Å². The molecule has 0 aliphatic rings. The van der Waals surface area contributed by atoms with E-state index in [-0.39, 0.29) is 18.0 Å². The van der Waals surface area contributed by atoms with Crippen molar-refractivity contribution in [3.05, 3.63) is 35.4 Å². The molecule has 96 valence electrons. The van der Waals surface area contributed by atoms with E-state index >= 15 is 0 Å². The summed E-state index contributed by atoms with van der Waals surface area (Å²) in [5, 5.41) is 0. The second-order valence-electron chi connectivity index (χ2n) is 3.65. The minimum absolute atomic E-state index is 0. The van der Waals surface area contributed by atoms with Crippen LogP contribution in [0.15, 0.2) is 24.3 Å². The molecule has 0 heterocycles.